The van der Waals surface area contributed by atoms with E-state index in [1.807, 2.05) is 0 Å². The van der Waals surface area contributed by atoms with Gasteiger partial charge in [0, 0.05) is 22.9 Å². The smallest absolute Gasteiger partial charge is 0.338 e. The number of rotatable bonds is 4. The summed E-state index contributed by atoms with van der Waals surface area (Å²) in [7, 11) is 0. The van der Waals surface area contributed by atoms with E-state index in [4.69, 9.17) is 0 Å². The molecule has 0 radical (unpaired) electrons. The largest absolute Gasteiger partial charge is 0.417 e. The number of nitrogens with zero attached hydrogens (tertiary/aromatic N) is 1. The third kappa shape index (κ3) is 4.21. The molecular weight excluding hydrogens is 391 g/mol. The number of hydrogen-bond donors (Lipinski definition) is 0. The summed E-state index contributed by atoms with van der Waals surface area (Å²) >= 11 is 6.17. The average molecular weight is 403 g/mol. The first-order valence-electron chi connectivity index (χ1n) is 5.53. The van der Waals surface area contributed by atoms with E-state index in [1.54, 1.807) is 6.92 Å². The maximum Gasteiger partial charge on any atom is 0.417 e. The van der Waals surface area contributed by atoms with Crippen LogP contribution >= 0.6 is 31.9 Å². The monoisotopic (exact) mass is 401 g/mol. The van der Waals surface area contributed by atoms with E-state index >= 15 is 0 Å². The summed E-state index contributed by atoms with van der Waals surface area (Å²) in [6.45, 7) is 2.45. The van der Waals surface area contributed by atoms with Crippen molar-refractivity contribution in [2.24, 2.45) is 0 Å². The second-order valence-corrected chi connectivity index (χ2v) is 5.47. The molecule has 0 aromatic heterocycles. The lowest BCUT2D eigenvalue weighted by Gasteiger charge is -2.22. The van der Waals surface area contributed by atoms with Crippen molar-refractivity contribution in [2.75, 3.05) is 18.4 Å². The number of halogens is 5. The fourth-order valence-electron chi connectivity index (χ4n) is 1.61. The molecule has 0 aliphatic heterocycles. The lowest BCUT2D eigenvalue weighted by Crippen LogP contribution is -2.33. The summed E-state index contributed by atoms with van der Waals surface area (Å²) in [6, 6.07) is 3.56. The number of amides is 1. The Hall–Kier alpha value is -0.560. The minimum Gasteiger partial charge on any atom is -0.338 e. The van der Waals surface area contributed by atoms with Gasteiger partial charge in [-0.1, -0.05) is 31.9 Å². The highest BCUT2D eigenvalue weighted by Gasteiger charge is 2.36. The van der Waals surface area contributed by atoms with Crippen LogP contribution in [0.2, 0.25) is 0 Å². The topological polar surface area (TPSA) is 20.3 Å². The van der Waals surface area contributed by atoms with Crippen LogP contribution in [0.5, 0.6) is 0 Å². The van der Waals surface area contributed by atoms with Gasteiger partial charge in [-0.2, -0.15) is 13.2 Å². The van der Waals surface area contributed by atoms with Crippen molar-refractivity contribution in [2.45, 2.75) is 13.1 Å². The molecule has 1 aromatic rings. The third-order valence-electron chi connectivity index (χ3n) is 2.54. The maximum absolute atomic E-state index is 12.9. The highest BCUT2D eigenvalue weighted by Crippen LogP contribution is 2.34. The summed E-state index contributed by atoms with van der Waals surface area (Å²) in [5.41, 5.74) is -1.24. The van der Waals surface area contributed by atoms with Crippen LogP contribution in [0.3, 0.4) is 0 Å². The van der Waals surface area contributed by atoms with Crippen molar-refractivity contribution in [3.05, 3.63) is 33.8 Å². The minimum absolute atomic E-state index is 0.292. The van der Waals surface area contributed by atoms with E-state index in [0.29, 0.717) is 22.9 Å². The van der Waals surface area contributed by atoms with Gasteiger partial charge in [0.25, 0.3) is 5.91 Å². The van der Waals surface area contributed by atoms with Crippen molar-refractivity contribution in [3.8, 4) is 0 Å². The van der Waals surface area contributed by atoms with Gasteiger partial charge in [0.15, 0.2) is 0 Å². The molecule has 0 fully saturated rings. The first-order chi connectivity index (χ1) is 8.81. The molecule has 2 nitrogen and oxygen atoms in total. The van der Waals surface area contributed by atoms with Crippen LogP contribution in [0.25, 0.3) is 0 Å². The van der Waals surface area contributed by atoms with Crippen molar-refractivity contribution in [3.63, 3.8) is 0 Å². The predicted molar refractivity (Wildman–Crippen MR) is 74.5 cm³/mol. The van der Waals surface area contributed by atoms with Gasteiger partial charge in [0.2, 0.25) is 0 Å². The van der Waals surface area contributed by atoms with Gasteiger partial charge in [-0.15, -0.1) is 0 Å². The summed E-state index contributed by atoms with van der Waals surface area (Å²) in [5.74, 6) is -0.609. The third-order valence-corrected chi connectivity index (χ3v) is 3.39. The molecule has 0 N–H and O–H groups in total. The molecular formula is C12H12Br2F3NO. The van der Waals surface area contributed by atoms with Gasteiger partial charge >= 0.3 is 6.18 Å². The van der Waals surface area contributed by atoms with Crippen LogP contribution in [0.4, 0.5) is 13.2 Å². The Bertz CT molecular complexity index is 463. The van der Waals surface area contributed by atoms with Crippen LogP contribution in [0.1, 0.15) is 22.8 Å². The van der Waals surface area contributed by atoms with Crippen LogP contribution in [-0.4, -0.2) is 29.2 Å². The van der Waals surface area contributed by atoms with Crippen LogP contribution < -0.4 is 0 Å². The molecule has 0 heterocycles. The molecule has 0 atom stereocenters. The van der Waals surface area contributed by atoms with E-state index in [0.717, 1.165) is 6.07 Å². The number of carbonyl (C=O) groups is 1. The second kappa shape index (κ2) is 6.74. The SMILES string of the molecule is CCN(CCBr)C(=O)c1ccc(Br)cc1C(F)(F)F. The highest BCUT2D eigenvalue weighted by molar-refractivity contribution is 9.10. The fourth-order valence-corrected chi connectivity index (χ4v) is 2.40. The van der Waals surface area contributed by atoms with Gasteiger partial charge in [-0.05, 0) is 25.1 Å². The zero-order valence-electron chi connectivity index (χ0n) is 10.1. The molecule has 106 valence electrons. The first-order valence-corrected chi connectivity index (χ1v) is 7.44. The molecule has 0 aliphatic carbocycles. The van der Waals surface area contributed by atoms with Crippen molar-refractivity contribution in [1.29, 1.82) is 0 Å². The lowest BCUT2D eigenvalue weighted by molar-refractivity contribution is -0.138. The Morgan fingerprint density at radius 2 is 2.00 bits per heavy atom. The van der Waals surface area contributed by atoms with E-state index in [9.17, 15) is 18.0 Å². The summed E-state index contributed by atoms with van der Waals surface area (Å²) < 4.78 is 39.1. The number of hydrogen-bond acceptors (Lipinski definition) is 1. The fraction of sp³-hybridized carbons (Fsp3) is 0.417. The minimum atomic E-state index is -4.55. The van der Waals surface area contributed by atoms with E-state index in [1.165, 1.54) is 17.0 Å². The van der Waals surface area contributed by atoms with Crippen molar-refractivity contribution in [1.82, 2.24) is 4.90 Å². The Morgan fingerprint density at radius 3 is 2.47 bits per heavy atom. The zero-order valence-corrected chi connectivity index (χ0v) is 13.3. The van der Waals surface area contributed by atoms with E-state index < -0.39 is 17.6 Å². The number of carbonyl (C=O) groups excluding carboxylic acids is 1. The lowest BCUT2D eigenvalue weighted by atomic mass is 10.1. The molecule has 19 heavy (non-hydrogen) atoms. The Balaban J connectivity index is 3.22. The average Bonchev–Trinajstić information content (AvgIpc) is 2.34. The molecule has 0 spiro atoms. The first kappa shape index (κ1) is 16.5. The standard InChI is InChI=1S/C12H12Br2F3NO/c1-2-18(6-5-13)11(19)9-4-3-8(14)7-10(9)12(15,16)17/h3-4,7H,2,5-6H2,1H3. The summed E-state index contributed by atoms with van der Waals surface area (Å²) in [5, 5.41) is 0.518. The highest BCUT2D eigenvalue weighted by atomic mass is 79.9. The molecule has 0 aliphatic rings. The van der Waals surface area contributed by atoms with Gasteiger partial charge < -0.3 is 4.90 Å². The normalized spacial score (nSPS) is 11.5. The molecule has 0 saturated carbocycles. The van der Waals surface area contributed by atoms with Gasteiger partial charge in [0.1, 0.15) is 0 Å². The molecule has 1 amide bonds. The molecule has 1 rings (SSSR count). The quantitative estimate of drug-likeness (QED) is 0.686. The Labute approximate surface area is 126 Å². The second-order valence-electron chi connectivity index (χ2n) is 3.76. The summed E-state index contributed by atoms with van der Waals surface area (Å²) in [6.07, 6.45) is -4.55. The van der Waals surface area contributed by atoms with E-state index in [-0.39, 0.29) is 5.56 Å². The Morgan fingerprint density at radius 1 is 1.37 bits per heavy atom. The van der Waals surface area contributed by atoms with Gasteiger partial charge in [0.05, 0.1) is 11.1 Å². The zero-order chi connectivity index (χ0) is 14.6. The predicted octanol–water partition coefficient (Wildman–Crippen LogP) is 4.32. The van der Waals surface area contributed by atoms with Gasteiger partial charge in [-0.25, -0.2) is 0 Å². The van der Waals surface area contributed by atoms with E-state index in [2.05, 4.69) is 31.9 Å². The number of benzene rings is 1. The van der Waals surface area contributed by atoms with Crippen molar-refractivity contribution < 1.29 is 18.0 Å². The maximum atomic E-state index is 12.9. The van der Waals surface area contributed by atoms with Crippen LogP contribution in [0.15, 0.2) is 22.7 Å². The molecule has 7 heteroatoms. The number of alkyl halides is 4. The summed E-state index contributed by atoms with van der Waals surface area (Å²) in [4.78, 5) is 13.5. The molecule has 0 saturated heterocycles. The van der Waals surface area contributed by atoms with Gasteiger partial charge in [-0.3, -0.25) is 4.79 Å². The van der Waals surface area contributed by atoms with Crippen LogP contribution in [0, 0.1) is 0 Å². The Kier molecular flexibility index (Phi) is 5.85. The van der Waals surface area contributed by atoms with Crippen LogP contribution in [-0.2, 0) is 6.18 Å². The molecule has 0 bridgehead atoms. The molecule has 1 aromatic carbocycles. The molecule has 0 unspecified atom stereocenters. The van der Waals surface area contributed by atoms with Crippen molar-refractivity contribution >= 4 is 37.8 Å².